The number of carbonyl (C=O) groups is 1. The van der Waals surface area contributed by atoms with Gasteiger partial charge in [0.05, 0.1) is 6.54 Å². The third-order valence-electron chi connectivity index (χ3n) is 2.18. The van der Waals surface area contributed by atoms with Gasteiger partial charge in [0.1, 0.15) is 11.9 Å². The zero-order chi connectivity index (χ0) is 10.1. The van der Waals surface area contributed by atoms with Gasteiger partial charge in [0.2, 0.25) is 0 Å². The molecule has 1 aliphatic heterocycles. The molecule has 1 unspecified atom stereocenters. The fourth-order valence-corrected chi connectivity index (χ4v) is 1.46. The highest BCUT2D eigenvalue weighted by atomic mass is 16.5. The molecule has 3 N–H and O–H groups in total. The number of nitrogens with zero attached hydrogens (tertiary/aromatic N) is 1. The second kappa shape index (κ2) is 3.28. The van der Waals surface area contributed by atoms with Crippen molar-refractivity contribution in [1.29, 1.82) is 0 Å². The van der Waals surface area contributed by atoms with Gasteiger partial charge >= 0.3 is 0 Å². The number of benzene rings is 1. The van der Waals surface area contributed by atoms with Crippen molar-refractivity contribution in [2.24, 2.45) is 0 Å². The van der Waals surface area contributed by atoms with E-state index in [9.17, 15) is 15.1 Å². The number of hydroxylamine groups is 2. The van der Waals surface area contributed by atoms with Crippen LogP contribution in [0.4, 0.5) is 0 Å². The average Bonchev–Trinajstić information content (AvgIpc) is 2.49. The van der Waals surface area contributed by atoms with Gasteiger partial charge in [-0.1, -0.05) is 18.2 Å². The van der Waals surface area contributed by atoms with Crippen molar-refractivity contribution in [3.8, 4) is 5.75 Å². The first-order valence-electron chi connectivity index (χ1n) is 4.22. The molecule has 1 atom stereocenters. The van der Waals surface area contributed by atoms with E-state index < -0.39 is 12.1 Å². The summed E-state index contributed by atoms with van der Waals surface area (Å²) in [6.07, 6.45) is -0.649. The smallest absolute Gasteiger partial charge is 0.261 e. The SMILES string of the molecule is O=C1CNC(c2ccccc2O)N1O. The van der Waals surface area contributed by atoms with Crippen molar-refractivity contribution in [2.75, 3.05) is 6.54 Å². The summed E-state index contributed by atoms with van der Waals surface area (Å²) in [4.78, 5) is 11.0. The van der Waals surface area contributed by atoms with Gasteiger partial charge in [-0.15, -0.1) is 0 Å². The van der Waals surface area contributed by atoms with Crippen LogP contribution in [0.15, 0.2) is 24.3 Å². The molecule has 0 bridgehead atoms. The molecule has 1 aromatic rings. The fourth-order valence-electron chi connectivity index (χ4n) is 1.46. The van der Waals surface area contributed by atoms with Gasteiger partial charge in [-0.25, -0.2) is 5.06 Å². The van der Waals surface area contributed by atoms with Crippen LogP contribution in [0.25, 0.3) is 0 Å². The van der Waals surface area contributed by atoms with Crippen LogP contribution in [0, 0.1) is 0 Å². The zero-order valence-electron chi connectivity index (χ0n) is 7.34. The number of aromatic hydroxyl groups is 1. The highest BCUT2D eigenvalue weighted by molar-refractivity contribution is 5.79. The summed E-state index contributed by atoms with van der Waals surface area (Å²) in [7, 11) is 0. The number of amides is 1. The molecule has 74 valence electrons. The van der Waals surface area contributed by atoms with E-state index in [4.69, 9.17) is 0 Å². The maximum Gasteiger partial charge on any atom is 0.261 e. The summed E-state index contributed by atoms with van der Waals surface area (Å²) >= 11 is 0. The summed E-state index contributed by atoms with van der Waals surface area (Å²) in [5, 5.41) is 22.2. The Morgan fingerprint density at radius 1 is 1.43 bits per heavy atom. The molecule has 0 spiro atoms. The summed E-state index contributed by atoms with van der Waals surface area (Å²) in [5.74, 6) is -0.350. The summed E-state index contributed by atoms with van der Waals surface area (Å²) < 4.78 is 0. The third-order valence-corrected chi connectivity index (χ3v) is 2.18. The van der Waals surface area contributed by atoms with Gasteiger partial charge in [-0.3, -0.25) is 15.3 Å². The minimum Gasteiger partial charge on any atom is -0.508 e. The largest absolute Gasteiger partial charge is 0.508 e. The fraction of sp³-hybridized carbons (Fsp3) is 0.222. The lowest BCUT2D eigenvalue weighted by atomic mass is 10.1. The Bertz CT molecular complexity index is 367. The minimum atomic E-state index is -0.649. The molecule has 0 aliphatic carbocycles. The predicted molar refractivity (Wildman–Crippen MR) is 47.5 cm³/mol. The molecule has 2 rings (SSSR count). The van der Waals surface area contributed by atoms with Crippen molar-refractivity contribution in [1.82, 2.24) is 10.4 Å². The monoisotopic (exact) mass is 194 g/mol. The maximum atomic E-state index is 11.0. The summed E-state index contributed by atoms with van der Waals surface area (Å²) in [6, 6.07) is 6.56. The van der Waals surface area contributed by atoms with E-state index in [2.05, 4.69) is 5.32 Å². The molecule has 1 heterocycles. The Labute approximate surface area is 80.5 Å². The molecule has 1 amide bonds. The second-order valence-corrected chi connectivity index (χ2v) is 3.08. The van der Waals surface area contributed by atoms with Crippen LogP contribution in [0.2, 0.25) is 0 Å². The van der Waals surface area contributed by atoms with Crippen LogP contribution in [0.1, 0.15) is 11.7 Å². The molecule has 0 saturated carbocycles. The molecule has 1 aromatic carbocycles. The number of hydrogen-bond donors (Lipinski definition) is 3. The molecule has 1 aliphatic rings. The maximum absolute atomic E-state index is 11.0. The van der Waals surface area contributed by atoms with Crippen LogP contribution in [-0.4, -0.2) is 27.8 Å². The van der Waals surface area contributed by atoms with Crippen LogP contribution in [-0.2, 0) is 4.79 Å². The number of hydrogen-bond acceptors (Lipinski definition) is 4. The van der Waals surface area contributed by atoms with E-state index in [1.165, 1.54) is 6.07 Å². The first-order chi connectivity index (χ1) is 6.70. The molecule has 0 aromatic heterocycles. The van der Waals surface area contributed by atoms with E-state index in [0.717, 1.165) is 0 Å². The lowest BCUT2D eigenvalue weighted by Crippen LogP contribution is -2.26. The number of nitrogens with one attached hydrogen (secondary N) is 1. The van der Waals surface area contributed by atoms with Crippen molar-refractivity contribution in [2.45, 2.75) is 6.17 Å². The van der Waals surface area contributed by atoms with Gasteiger partial charge in [-0.2, -0.15) is 0 Å². The van der Waals surface area contributed by atoms with Gasteiger partial charge in [0.25, 0.3) is 5.91 Å². The van der Waals surface area contributed by atoms with Crippen molar-refractivity contribution < 1.29 is 15.1 Å². The molecule has 1 saturated heterocycles. The van der Waals surface area contributed by atoms with E-state index in [-0.39, 0.29) is 12.3 Å². The Morgan fingerprint density at radius 3 is 2.71 bits per heavy atom. The quantitative estimate of drug-likeness (QED) is 0.559. The van der Waals surface area contributed by atoms with E-state index in [1.807, 2.05) is 0 Å². The van der Waals surface area contributed by atoms with E-state index in [1.54, 1.807) is 18.2 Å². The number of carbonyl (C=O) groups excluding carboxylic acids is 1. The first kappa shape index (κ1) is 8.98. The van der Waals surface area contributed by atoms with Crippen LogP contribution < -0.4 is 5.32 Å². The Kier molecular flexibility index (Phi) is 2.11. The average molecular weight is 194 g/mol. The number of rotatable bonds is 1. The Hall–Kier alpha value is -1.59. The predicted octanol–water partition coefficient (Wildman–Crippen LogP) is 0.212. The number of para-hydroxylation sites is 1. The molecule has 0 radical (unpaired) electrons. The highest BCUT2D eigenvalue weighted by Crippen LogP contribution is 2.27. The molecule has 1 fully saturated rings. The van der Waals surface area contributed by atoms with Crippen LogP contribution in [0.5, 0.6) is 5.75 Å². The van der Waals surface area contributed by atoms with E-state index in [0.29, 0.717) is 10.6 Å². The Balaban J connectivity index is 2.32. The van der Waals surface area contributed by atoms with E-state index >= 15 is 0 Å². The third kappa shape index (κ3) is 1.32. The normalized spacial score (nSPS) is 21.6. The standard InChI is InChI=1S/C9H10N2O3/c12-7-4-2-1-3-6(7)9-10-5-8(13)11(9)14/h1-4,9-10,12,14H,5H2. The topological polar surface area (TPSA) is 72.8 Å². The van der Waals surface area contributed by atoms with Gasteiger partial charge < -0.3 is 5.11 Å². The molecular formula is C9H10N2O3. The lowest BCUT2D eigenvalue weighted by molar-refractivity contribution is -0.165. The van der Waals surface area contributed by atoms with Crippen molar-refractivity contribution in [3.05, 3.63) is 29.8 Å². The number of phenolic OH excluding ortho intramolecular Hbond substituents is 1. The van der Waals surface area contributed by atoms with Crippen molar-refractivity contribution in [3.63, 3.8) is 0 Å². The second-order valence-electron chi connectivity index (χ2n) is 3.08. The summed E-state index contributed by atoms with van der Waals surface area (Å²) in [5.41, 5.74) is 0.487. The highest BCUT2D eigenvalue weighted by Gasteiger charge is 2.31. The van der Waals surface area contributed by atoms with Crippen molar-refractivity contribution >= 4 is 5.91 Å². The van der Waals surface area contributed by atoms with Gasteiger partial charge in [0.15, 0.2) is 0 Å². The van der Waals surface area contributed by atoms with Crippen LogP contribution in [0.3, 0.4) is 0 Å². The van der Waals surface area contributed by atoms with Gasteiger partial charge in [-0.05, 0) is 6.07 Å². The van der Waals surface area contributed by atoms with Crippen LogP contribution >= 0.6 is 0 Å². The van der Waals surface area contributed by atoms with Gasteiger partial charge in [0, 0.05) is 5.56 Å². The first-order valence-corrected chi connectivity index (χ1v) is 4.22. The lowest BCUT2D eigenvalue weighted by Gasteiger charge is -2.18. The molecule has 5 heteroatoms. The summed E-state index contributed by atoms with van der Waals surface area (Å²) in [6.45, 7) is 0.0789. The zero-order valence-corrected chi connectivity index (χ0v) is 7.34. The number of phenols is 1. The molecule has 5 nitrogen and oxygen atoms in total. The molecular weight excluding hydrogens is 184 g/mol. The molecule has 14 heavy (non-hydrogen) atoms. The Morgan fingerprint density at radius 2 is 2.14 bits per heavy atom. The minimum absolute atomic E-state index is 0.0544.